The third-order valence-corrected chi connectivity index (χ3v) is 6.55. The van der Waals surface area contributed by atoms with Crippen LogP contribution in [0, 0.1) is 0 Å². The largest absolute Gasteiger partial charge is 0.263 e. The highest BCUT2D eigenvalue weighted by Crippen LogP contribution is 2.37. The highest BCUT2D eigenvalue weighted by molar-refractivity contribution is 14.1. The molecule has 8 heteroatoms. The molecule has 0 saturated heterocycles. The number of alkyl halides is 1. The maximum atomic E-state index is 6.20. The Hall–Kier alpha value is -0.280. The Labute approximate surface area is 195 Å². The highest BCUT2D eigenvalue weighted by Gasteiger charge is 2.19. The number of benzene rings is 1. The zero-order chi connectivity index (χ0) is 19.4. The number of aromatic nitrogens is 3. The predicted octanol–water partition coefficient (Wildman–Crippen LogP) is 7.43. The van der Waals surface area contributed by atoms with Crippen LogP contribution in [-0.2, 0) is 17.4 Å². The number of nitrogens with zero attached hydrogens (tertiary/aromatic N) is 3. The van der Waals surface area contributed by atoms with Gasteiger partial charge in [0, 0.05) is 54.8 Å². The van der Waals surface area contributed by atoms with Gasteiger partial charge < -0.3 is 0 Å². The lowest BCUT2D eigenvalue weighted by molar-refractivity contribution is 0.553. The first kappa shape index (κ1) is 21.4. The first-order valence-electron chi connectivity index (χ1n) is 8.38. The van der Waals surface area contributed by atoms with Crippen LogP contribution in [0.3, 0.4) is 0 Å². The average molecular weight is 597 g/mol. The zero-order valence-electron chi connectivity index (χ0n) is 14.6. The summed E-state index contributed by atoms with van der Waals surface area (Å²) in [5.74, 6) is 0. The molecule has 2 aromatic heterocycles. The molecule has 0 aliphatic heterocycles. The van der Waals surface area contributed by atoms with Gasteiger partial charge in [-0.3, -0.25) is 9.67 Å². The van der Waals surface area contributed by atoms with Gasteiger partial charge in [0.05, 0.1) is 5.69 Å². The monoisotopic (exact) mass is 595 g/mol. The van der Waals surface area contributed by atoms with Crippen molar-refractivity contribution in [2.45, 2.75) is 40.7 Å². The molecule has 0 unspecified atom stereocenters. The van der Waals surface area contributed by atoms with E-state index in [0.29, 0.717) is 10.0 Å². The third kappa shape index (κ3) is 5.63. The van der Waals surface area contributed by atoms with Gasteiger partial charge in [0.1, 0.15) is 5.03 Å². The minimum Gasteiger partial charge on any atom is -0.263 e. The molecular weight excluding hydrogens is 580 g/mol. The summed E-state index contributed by atoms with van der Waals surface area (Å²) in [5, 5.41) is 7.28. The summed E-state index contributed by atoms with van der Waals surface area (Å²) in [4.78, 5) is 5.31. The Morgan fingerprint density at radius 1 is 1.15 bits per heavy atom. The number of hydrogen-bond acceptors (Lipinski definition) is 3. The molecule has 3 aromatic rings. The lowest BCUT2D eigenvalue weighted by Gasteiger charge is -2.10. The van der Waals surface area contributed by atoms with E-state index in [9.17, 15) is 0 Å². The standard InChI is InChI=1S/C19H17BrCl2IN3S/c1-2-3-26-19(27-16-7-14(21)6-15(22)8-16)17(18(9-23)25-26)5-12-4-13(20)11-24-10-12/h4,6-8,10-11H,2-3,5,9H2,1H3. The second-order valence-electron chi connectivity index (χ2n) is 5.98. The van der Waals surface area contributed by atoms with Crippen molar-refractivity contribution in [1.29, 1.82) is 0 Å². The molecule has 0 aliphatic carbocycles. The molecule has 0 radical (unpaired) electrons. The minimum atomic E-state index is 0.637. The molecule has 0 bridgehead atoms. The summed E-state index contributed by atoms with van der Waals surface area (Å²) in [7, 11) is 0. The van der Waals surface area contributed by atoms with Crippen LogP contribution in [0.4, 0.5) is 0 Å². The number of rotatable bonds is 7. The van der Waals surface area contributed by atoms with Crippen LogP contribution >= 0.6 is 73.5 Å². The van der Waals surface area contributed by atoms with E-state index < -0.39 is 0 Å². The first-order chi connectivity index (χ1) is 13.0. The minimum absolute atomic E-state index is 0.637. The van der Waals surface area contributed by atoms with Crippen molar-refractivity contribution in [2.24, 2.45) is 0 Å². The Balaban J connectivity index is 2.04. The second kappa shape index (κ2) is 9.96. The SMILES string of the molecule is CCCn1nc(CI)c(Cc2cncc(Br)c2)c1Sc1cc(Cl)cc(Cl)c1. The van der Waals surface area contributed by atoms with Gasteiger partial charge in [-0.15, -0.1) is 0 Å². The van der Waals surface area contributed by atoms with Crippen LogP contribution in [0.15, 0.2) is 51.1 Å². The number of hydrogen-bond donors (Lipinski definition) is 0. The van der Waals surface area contributed by atoms with E-state index in [1.165, 1.54) is 5.56 Å². The van der Waals surface area contributed by atoms with Crippen LogP contribution < -0.4 is 0 Å². The van der Waals surface area contributed by atoms with E-state index in [1.807, 2.05) is 18.3 Å². The third-order valence-electron chi connectivity index (χ3n) is 3.84. The normalized spacial score (nSPS) is 11.1. The topological polar surface area (TPSA) is 30.7 Å². The Morgan fingerprint density at radius 2 is 1.89 bits per heavy atom. The van der Waals surface area contributed by atoms with Gasteiger partial charge in [-0.05, 0) is 52.2 Å². The summed E-state index contributed by atoms with van der Waals surface area (Å²) in [6.07, 6.45) is 5.51. The molecular formula is C19H17BrCl2IN3S. The quantitative estimate of drug-likeness (QED) is 0.210. The van der Waals surface area contributed by atoms with Gasteiger partial charge in [-0.1, -0.05) is 64.5 Å². The molecule has 27 heavy (non-hydrogen) atoms. The average Bonchev–Trinajstić information content (AvgIpc) is 2.91. The molecule has 0 fully saturated rings. The van der Waals surface area contributed by atoms with Gasteiger partial charge in [-0.25, -0.2) is 0 Å². The Bertz CT molecular complexity index is 928. The predicted molar refractivity (Wildman–Crippen MR) is 126 cm³/mol. The lowest BCUT2D eigenvalue weighted by atomic mass is 10.1. The van der Waals surface area contributed by atoms with Crippen molar-refractivity contribution < 1.29 is 0 Å². The smallest absolute Gasteiger partial charge is 0.103 e. The molecule has 0 atom stereocenters. The van der Waals surface area contributed by atoms with E-state index in [1.54, 1.807) is 24.0 Å². The molecule has 142 valence electrons. The molecule has 0 spiro atoms. The van der Waals surface area contributed by atoms with Crippen molar-refractivity contribution in [3.8, 4) is 0 Å². The van der Waals surface area contributed by atoms with Gasteiger partial charge in [0.15, 0.2) is 0 Å². The van der Waals surface area contributed by atoms with Crippen molar-refractivity contribution >= 4 is 73.5 Å². The van der Waals surface area contributed by atoms with Crippen LogP contribution in [0.1, 0.15) is 30.2 Å². The lowest BCUT2D eigenvalue weighted by Crippen LogP contribution is -2.01. The van der Waals surface area contributed by atoms with Crippen LogP contribution in [0.5, 0.6) is 0 Å². The number of halogens is 4. The van der Waals surface area contributed by atoms with Crippen LogP contribution in [0.25, 0.3) is 0 Å². The molecule has 0 N–H and O–H groups in total. The zero-order valence-corrected chi connectivity index (χ0v) is 20.6. The molecule has 1 aromatic carbocycles. The molecule has 0 amide bonds. The summed E-state index contributed by atoms with van der Waals surface area (Å²) >= 11 is 20.0. The van der Waals surface area contributed by atoms with Gasteiger partial charge in [-0.2, -0.15) is 5.10 Å². The second-order valence-corrected chi connectivity index (χ2v) is 9.60. The van der Waals surface area contributed by atoms with Crippen molar-refractivity contribution in [3.63, 3.8) is 0 Å². The van der Waals surface area contributed by atoms with E-state index in [4.69, 9.17) is 28.3 Å². The maximum absolute atomic E-state index is 6.20. The number of aryl methyl sites for hydroxylation is 1. The Kier molecular flexibility index (Phi) is 7.91. The van der Waals surface area contributed by atoms with Crippen molar-refractivity contribution in [3.05, 3.63) is 68.0 Å². The first-order valence-corrected chi connectivity index (χ1v) is 12.3. The van der Waals surface area contributed by atoms with Crippen LogP contribution in [0.2, 0.25) is 10.0 Å². The van der Waals surface area contributed by atoms with Crippen molar-refractivity contribution in [1.82, 2.24) is 14.8 Å². The molecule has 3 nitrogen and oxygen atoms in total. The van der Waals surface area contributed by atoms with Gasteiger partial charge in [0.25, 0.3) is 0 Å². The fraction of sp³-hybridized carbons (Fsp3) is 0.263. The van der Waals surface area contributed by atoms with E-state index in [2.05, 4.69) is 61.2 Å². The molecule has 3 rings (SSSR count). The summed E-state index contributed by atoms with van der Waals surface area (Å²) < 4.78 is 3.94. The maximum Gasteiger partial charge on any atom is 0.103 e. The fourth-order valence-corrected chi connectivity index (χ4v) is 5.58. The highest BCUT2D eigenvalue weighted by atomic mass is 127. The molecule has 0 saturated carbocycles. The molecule has 0 aliphatic rings. The van der Waals surface area contributed by atoms with Crippen LogP contribution in [-0.4, -0.2) is 14.8 Å². The Morgan fingerprint density at radius 3 is 2.52 bits per heavy atom. The number of pyridine rings is 1. The van der Waals surface area contributed by atoms with Crippen molar-refractivity contribution in [2.75, 3.05) is 0 Å². The van der Waals surface area contributed by atoms with E-state index >= 15 is 0 Å². The summed E-state index contributed by atoms with van der Waals surface area (Å²) in [6, 6.07) is 7.73. The van der Waals surface area contributed by atoms with E-state index in [0.717, 1.165) is 49.5 Å². The van der Waals surface area contributed by atoms with E-state index in [-0.39, 0.29) is 0 Å². The molecule has 2 heterocycles. The fourth-order valence-electron chi connectivity index (χ4n) is 2.75. The van der Waals surface area contributed by atoms with Gasteiger partial charge in [0.2, 0.25) is 0 Å². The van der Waals surface area contributed by atoms with Gasteiger partial charge >= 0.3 is 0 Å². The summed E-state index contributed by atoms with van der Waals surface area (Å²) in [6.45, 7) is 3.03. The summed E-state index contributed by atoms with van der Waals surface area (Å²) in [5.41, 5.74) is 3.50.